The van der Waals surface area contributed by atoms with Crippen LogP contribution >= 0.6 is 0 Å². The molecule has 0 aromatic carbocycles. The molecule has 0 radical (unpaired) electrons. The van der Waals surface area contributed by atoms with Gasteiger partial charge in [0.15, 0.2) is 11.6 Å². The summed E-state index contributed by atoms with van der Waals surface area (Å²) in [6.45, 7) is 6.86. The van der Waals surface area contributed by atoms with Gasteiger partial charge in [-0.1, -0.05) is 20.8 Å². The van der Waals surface area contributed by atoms with Gasteiger partial charge in [-0.2, -0.15) is 0 Å². The van der Waals surface area contributed by atoms with Gasteiger partial charge in [0.05, 0.1) is 18.3 Å². The molecule has 0 amide bonds. The van der Waals surface area contributed by atoms with Crippen molar-refractivity contribution in [3.05, 3.63) is 23.8 Å². The van der Waals surface area contributed by atoms with E-state index in [-0.39, 0.29) is 40.5 Å². The molecule has 3 N–H and O–H groups in total. The van der Waals surface area contributed by atoms with Crippen molar-refractivity contribution in [1.82, 2.24) is 0 Å². The quantitative estimate of drug-likeness (QED) is 0.540. The van der Waals surface area contributed by atoms with Crippen molar-refractivity contribution < 1.29 is 24.9 Å². The molecule has 0 unspecified atom stereocenters. The molecule has 5 rings (SSSR count). The number of aliphatic hydroxyl groups excluding tert-OH is 3. The minimum Gasteiger partial charge on any atom is -0.393 e. The van der Waals surface area contributed by atoms with Crippen molar-refractivity contribution in [2.45, 2.75) is 96.9 Å². The van der Waals surface area contributed by atoms with E-state index in [0.717, 1.165) is 51.4 Å². The number of aliphatic hydroxyl groups is 3. The fourth-order valence-electron chi connectivity index (χ4n) is 9.47. The summed E-state index contributed by atoms with van der Waals surface area (Å²) in [6, 6.07) is 0. The number of rotatable bonds is 4. The fourth-order valence-corrected chi connectivity index (χ4v) is 9.47. The first kappa shape index (κ1) is 24.4. The summed E-state index contributed by atoms with van der Waals surface area (Å²) in [7, 11) is 0. The summed E-state index contributed by atoms with van der Waals surface area (Å²) in [5.74, 6) is 1.64. The minimum atomic E-state index is -0.400. The van der Waals surface area contributed by atoms with Gasteiger partial charge >= 0.3 is 0 Å². The Morgan fingerprint density at radius 3 is 2.53 bits per heavy atom. The van der Waals surface area contributed by atoms with E-state index in [1.807, 2.05) is 0 Å². The largest absolute Gasteiger partial charge is 0.393 e. The Bertz CT molecular complexity index is 906. The summed E-state index contributed by atoms with van der Waals surface area (Å²) < 4.78 is 0. The molecule has 0 aromatic rings. The van der Waals surface area contributed by atoms with Crippen LogP contribution in [-0.4, -0.2) is 45.2 Å². The van der Waals surface area contributed by atoms with Crippen molar-refractivity contribution in [1.29, 1.82) is 0 Å². The molecule has 0 spiro atoms. The van der Waals surface area contributed by atoms with Crippen LogP contribution in [0, 0.1) is 46.3 Å². The highest BCUT2D eigenvalue weighted by atomic mass is 16.3. The Labute approximate surface area is 203 Å². The zero-order chi connectivity index (χ0) is 24.4. The maximum Gasteiger partial charge on any atom is 0.182 e. The molecule has 188 valence electrons. The molecule has 0 aromatic heterocycles. The molecule has 5 aliphatic carbocycles. The lowest BCUT2D eigenvalue weighted by Crippen LogP contribution is -2.62. The second-order valence-corrected chi connectivity index (χ2v) is 12.8. The lowest BCUT2D eigenvalue weighted by atomic mass is 9.43. The fraction of sp³-hybridized carbons (Fsp3) is 0.793. The Hall–Kier alpha value is -1.30. The van der Waals surface area contributed by atoms with Crippen molar-refractivity contribution >= 4 is 11.6 Å². The number of fused-ring (bicyclic) bond motifs is 5. The summed E-state index contributed by atoms with van der Waals surface area (Å²) in [5, 5.41) is 33.4. The van der Waals surface area contributed by atoms with Crippen LogP contribution in [0.25, 0.3) is 0 Å². The number of carbonyl (C=O) groups is 2. The predicted molar refractivity (Wildman–Crippen MR) is 130 cm³/mol. The average Bonchev–Trinajstić information content (AvgIpc) is 3.14. The molecule has 4 saturated carbocycles. The first-order valence-corrected chi connectivity index (χ1v) is 13.6. The van der Waals surface area contributed by atoms with E-state index in [2.05, 4.69) is 20.8 Å². The van der Waals surface area contributed by atoms with Crippen LogP contribution in [0.5, 0.6) is 0 Å². The van der Waals surface area contributed by atoms with Crippen molar-refractivity contribution in [2.75, 3.05) is 0 Å². The maximum atomic E-state index is 12.2. The highest BCUT2D eigenvalue weighted by Gasteiger charge is 2.65. The van der Waals surface area contributed by atoms with Gasteiger partial charge in [-0.3, -0.25) is 9.59 Å². The van der Waals surface area contributed by atoms with Crippen LogP contribution in [0.2, 0.25) is 0 Å². The number of allylic oxidation sites excluding steroid dienone is 4. The van der Waals surface area contributed by atoms with Crippen LogP contribution in [0.3, 0.4) is 0 Å². The first-order valence-electron chi connectivity index (χ1n) is 13.6. The van der Waals surface area contributed by atoms with Crippen LogP contribution in [0.4, 0.5) is 0 Å². The number of carbonyl (C=O) groups excluding carboxylic acids is 2. The van der Waals surface area contributed by atoms with E-state index >= 15 is 0 Å². The van der Waals surface area contributed by atoms with E-state index < -0.39 is 6.10 Å². The van der Waals surface area contributed by atoms with E-state index in [0.29, 0.717) is 41.6 Å². The van der Waals surface area contributed by atoms with Crippen molar-refractivity contribution in [2.24, 2.45) is 46.3 Å². The standard InChI is InChI=1S/C29H42O5/c1-16(4-5-17-12-19(30)6-9-24(17)32)21-7-8-22-27-23(15-26(34)29(21,22)3)28(2)11-10-20(31)13-18(28)14-25(27)33/h6,9,12,16,18,20-23,25-27,31,33-34H,4-5,7-8,10-11,13-15H2,1-3H3/t16-,18+,20-,21-,22+,23+,25-,26+,27+,28+,29-/m1/s1. The maximum absolute atomic E-state index is 12.2. The Morgan fingerprint density at radius 2 is 1.76 bits per heavy atom. The van der Waals surface area contributed by atoms with Crippen LogP contribution in [-0.2, 0) is 9.59 Å². The zero-order valence-corrected chi connectivity index (χ0v) is 21.0. The molecule has 11 atom stereocenters. The van der Waals surface area contributed by atoms with Crippen molar-refractivity contribution in [3.8, 4) is 0 Å². The highest BCUT2D eigenvalue weighted by Crippen LogP contribution is 2.68. The Morgan fingerprint density at radius 1 is 1.00 bits per heavy atom. The molecule has 0 heterocycles. The van der Waals surface area contributed by atoms with Gasteiger partial charge in [-0.15, -0.1) is 0 Å². The van der Waals surface area contributed by atoms with Crippen LogP contribution in [0.1, 0.15) is 78.6 Å². The summed E-state index contributed by atoms with van der Waals surface area (Å²) in [4.78, 5) is 23.9. The molecule has 0 aliphatic heterocycles. The van der Waals surface area contributed by atoms with Crippen LogP contribution in [0.15, 0.2) is 23.8 Å². The van der Waals surface area contributed by atoms with Gasteiger partial charge < -0.3 is 15.3 Å². The molecule has 34 heavy (non-hydrogen) atoms. The summed E-state index contributed by atoms with van der Waals surface area (Å²) in [6.07, 6.45) is 10.8. The van der Waals surface area contributed by atoms with Crippen LogP contribution < -0.4 is 0 Å². The summed E-state index contributed by atoms with van der Waals surface area (Å²) >= 11 is 0. The Kier molecular flexibility index (Phi) is 6.22. The molecule has 5 aliphatic rings. The first-order chi connectivity index (χ1) is 16.1. The van der Waals surface area contributed by atoms with Gasteiger partial charge in [-0.05, 0) is 122 Å². The predicted octanol–water partition coefficient (Wildman–Crippen LogP) is 4.00. The number of hydrogen-bond donors (Lipinski definition) is 3. The smallest absolute Gasteiger partial charge is 0.182 e. The molecular formula is C29H42O5. The van der Waals surface area contributed by atoms with Gasteiger partial charge in [0.1, 0.15) is 0 Å². The normalized spacial score (nSPS) is 49.2. The van der Waals surface area contributed by atoms with Gasteiger partial charge in [0.25, 0.3) is 0 Å². The molecule has 5 nitrogen and oxygen atoms in total. The van der Waals surface area contributed by atoms with E-state index in [4.69, 9.17) is 0 Å². The monoisotopic (exact) mass is 470 g/mol. The number of ketones is 2. The van der Waals surface area contributed by atoms with Gasteiger partial charge in [-0.25, -0.2) is 0 Å². The third-order valence-electron chi connectivity index (χ3n) is 11.4. The van der Waals surface area contributed by atoms with E-state index in [9.17, 15) is 24.9 Å². The molecular weight excluding hydrogens is 428 g/mol. The second kappa shape index (κ2) is 8.67. The van der Waals surface area contributed by atoms with Crippen molar-refractivity contribution in [3.63, 3.8) is 0 Å². The van der Waals surface area contributed by atoms with Gasteiger partial charge in [0, 0.05) is 5.57 Å². The van der Waals surface area contributed by atoms with E-state index in [1.165, 1.54) is 18.2 Å². The van der Waals surface area contributed by atoms with E-state index in [1.54, 1.807) is 0 Å². The SMILES string of the molecule is C[C@H](CCC1=CC(=O)C=CC1=O)[C@H]1CC[C@H]2[C@@H]3[C@H](O)C[C@@H]4C[C@H](O)CC[C@]4(C)[C@H]3C[C@H](O)[C@]12C. The zero-order valence-electron chi connectivity index (χ0n) is 21.0. The summed E-state index contributed by atoms with van der Waals surface area (Å²) in [5.41, 5.74) is 0.451. The molecule has 4 fully saturated rings. The topological polar surface area (TPSA) is 94.8 Å². The molecule has 5 heteroatoms. The third-order valence-corrected chi connectivity index (χ3v) is 11.4. The molecule has 0 bridgehead atoms. The lowest BCUT2D eigenvalue weighted by Gasteiger charge is -2.63. The Balaban J connectivity index is 1.35. The highest BCUT2D eigenvalue weighted by molar-refractivity contribution is 6.17. The van der Waals surface area contributed by atoms with Gasteiger partial charge in [0.2, 0.25) is 0 Å². The average molecular weight is 471 g/mol. The lowest BCUT2D eigenvalue weighted by molar-refractivity contribution is -0.207. The second-order valence-electron chi connectivity index (χ2n) is 12.8. The molecule has 0 saturated heterocycles. The number of hydrogen-bond acceptors (Lipinski definition) is 5. The minimum absolute atomic E-state index is 0.0615. The third kappa shape index (κ3) is 3.69.